The highest BCUT2D eigenvalue weighted by atomic mass is 16.5. The average Bonchev–Trinajstić information content (AvgIpc) is 2.46. The third kappa shape index (κ3) is 3.26. The Kier molecular flexibility index (Phi) is 4.04. The van der Waals surface area contributed by atoms with Gasteiger partial charge in [0.2, 0.25) is 0 Å². The SMILES string of the molecule is COc1cc(C)ccc1OCc1ccc(C#N)cc1. The van der Waals surface area contributed by atoms with Crippen LogP contribution in [0.2, 0.25) is 0 Å². The van der Waals surface area contributed by atoms with Crippen molar-refractivity contribution in [2.75, 3.05) is 7.11 Å². The first-order valence-corrected chi connectivity index (χ1v) is 5.99. The fourth-order valence-electron chi connectivity index (χ4n) is 1.73. The number of nitriles is 1. The number of aryl methyl sites for hydroxylation is 1. The fourth-order valence-corrected chi connectivity index (χ4v) is 1.73. The number of hydrogen-bond acceptors (Lipinski definition) is 3. The number of ether oxygens (including phenoxy) is 2. The van der Waals surface area contributed by atoms with Gasteiger partial charge in [0.1, 0.15) is 6.61 Å². The molecule has 2 aromatic carbocycles. The van der Waals surface area contributed by atoms with Gasteiger partial charge in [0.15, 0.2) is 11.5 Å². The summed E-state index contributed by atoms with van der Waals surface area (Å²) in [5, 5.41) is 8.73. The molecule has 0 fully saturated rings. The van der Waals surface area contributed by atoms with Gasteiger partial charge in [-0.15, -0.1) is 0 Å². The molecule has 0 unspecified atom stereocenters. The zero-order chi connectivity index (χ0) is 13.7. The van der Waals surface area contributed by atoms with Gasteiger partial charge in [-0.2, -0.15) is 5.26 Å². The van der Waals surface area contributed by atoms with Gasteiger partial charge in [-0.25, -0.2) is 0 Å². The summed E-state index contributed by atoms with van der Waals surface area (Å²) in [5.74, 6) is 1.45. The zero-order valence-electron chi connectivity index (χ0n) is 11.0. The molecule has 0 N–H and O–H groups in total. The third-order valence-corrected chi connectivity index (χ3v) is 2.80. The maximum Gasteiger partial charge on any atom is 0.161 e. The van der Waals surface area contributed by atoms with Crippen LogP contribution in [-0.2, 0) is 6.61 Å². The first kappa shape index (κ1) is 13.0. The molecule has 3 heteroatoms. The summed E-state index contributed by atoms with van der Waals surface area (Å²) in [7, 11) is 1.63. The van der Waals surface area contributed by atoms with E-state index in [2.05, 4.69) is 6.07 Å². The molecule has 96 valence electrons. The van der Waals surface area contributed by atoms with E-state index in [0.717, 1.165) is 22.6 Å². The Labute approximate surface area is 113 Å². The zero-order valence-corrected chi connectivity index (χ0v) is 11.0. The highest BCUT2D eigenvalue weighted by Crippen LogP contribution is 2.28. The van der Waals surface area contributed by atoms with Crippen molar-refractivity contribution in [2.24, 2.45) is 0 Å². The monoisotopic (exact) mass is 253 g/mol. The summed E-state index contributed by atoms with van der Waals surface area (Å²) in [6, 6.07) is 15.3. The van der Waals surface area contributed by atoms with Crippen LogP contribution >= 0.6 is 0 Å². The molecule has 0 atom stereocenters. The van der Waals surface area contributed by atoms with Crippen molar-refractivity contribution < 1.29 is 9.47 Å². The second-order valence-electron chi connectivity index (χ2n) is 4.25. The lowest BCUT2D eigenvalue weighted by Gasteiger charge is -2.11. The predicted molar refractivity (Wildman–Crippen MR) is 73.2 cm³/mol. The van der Waals surface area contributed by atoms with Crippen LogP contribution in [0.25, 0.3) is 0 Å². The van der Waals surface area contributed by atoms with Crippen molar-refractivity contribution in [1.82, 2.24) is 0 Å². The van der Waals surface area contributed by atoms with E-state index in [1.54, 1.807) is 19.2 Å². The van der Waals surface area contributed by atoms with Crippen molar-refractivity contribution in [1.29, 1.82) is 5.26 Å². The van der Waals surface area contributed by atoms with Crippen molar-refractivity contribution in [3.05, 3.63) is 59.2 Å². The summed E-state index contributed by atoms with van der Waals surface area (Å²) in [6.45, 7) is 2.46. The van der Waals surface area contributed by atoms with E-state index < -0.39 is 0 Å². The maximum atomic E-state index is 8.73. The topological polar surface area (TPSA) is 42.2 Å². The van der Waals surface area contributed by atoms with E-state index in [0.29, 0.717) is 12.2 Å². The lowest BCUT2D eigenvalue weighted by Crippen LogP contribution is -1.98. The quantitative estimate of drug-likeness (QED) is 0.838. The minimum absolute atomic E-state index is 0.450. The summed E-state index contributed by atoms with van der Waals surface area (Å²) in [6.07, 6.45) is 0. The highest BCUT2D eigenvalue weighted by Gasteiger charge is 2.04. The molecule has 0 heterocycles. The molecular weight excluding hydrogens is 238 g/mol. The van der Waals surface area contributed by atoms with Gasteiger partial charge in [0, 0.05) is 0 Å². The van der Waals surface area contributed by atoms with Crippen molar-refractivity contribution >= 4 is 0 Å². The van der Waals surface area contributed by atoms with Crippen LogP contribution in [0.1, 0.15) is 16.7 Å². The molecule has 0 amide bonds. The molecule has 0 aromatic heterocycles. The second-order valence-corrected chi connectivity index (χ2v) is 4.25. The minimum Gasteiger partial charge on any atom is -0.493 e. The molecule has 3 nitrogen and oxygen atoms in total. The Balaban J connectivity index is 2.07. The third-order valence-electron chi connectivity index (χ3n) is 2.80. The van der Waals surface area contributed by atoms with Crippen LogP contribution in [-0.4, -0.2) is 7.11 Å². The van der Waals surface area contributed by atoms with Crippen LogP contribution in [0.3, 0.4) is 0 Å². The normalized spacial score (nSPS) is 9.74. The van der Waals surface area contributed by atoms with Crippen molar-refractivity contribution in [2.45, 2.75) is 13.5 Å². The van der Waals surface area contributed by atoms with Crippen molar-refractivity contribution in [3.63, 3.8) is 0 Å². The molecule has 0 aliphatic rings. The molecule has 0 radical (unpaired) electrons. The molecule has 2 rings (SSSR count). The standard InChI is InChI=1S/C16H15NO2/c1-12-3-8-15(16(9-12)18-2)19-11-14-6-4-13(10-17)5-7-14/h3-9H,11H2,1-2H3. The summed E-state index contributed by atoms with van der Waals surface area (Å²) in [5.41, 5.74) is 2.79. The van der Waals surface area contributed by atoms with Crippen LogP contribution in [0.5, 0.6) is 11.5 Å². The number of hydrogen-bond donors (Lipinski definition) is 0. The Bertz CT molecular complexity index is 597. The largest absolute Gasteiger partial charge is 0.493 e. The lowest BCUT2D eigenvalue weighted by atomic mass is 10.1. The summed E-state index contributed by atoms with van der Waals surface area (Å²) < 4.78 is 11.0. The van der Waals surface area contributed by atoms with E-state index in [4.69, 9.17) is 14.7 Å². The Hall–Kier alpha value is -2.47. The summed E-state index contributed by atoms with van der Waals surface area (Å²) in [4.78, 5) is 0. The van der Waals surface area contributed by atoms with E-state index in [-0.39, 0.29) is 0 Å². The Morgan fingerprint density at radius 3 is 2.42 bits per heavy atom. The number of benzene rings is 2. The first-order chi connectivity index (χ1) is 9.22. The van der Waals surface area contributed by atoms with E-state index in [1.807, 2.05) is 37.3 Å². The van der Waals surface area contributed by atoms with Crippen molar-refractivity contribution in [3.8, 4) is 17.6 Å². The van der Waals surface area contributed by atoms with Crippen LogP contribution < -0.4 is 9.47 Å². The molecule has 0 bridgehead atoms. The van der Waals surface area contributed by atoms with Crippen LogP contribution in [0, 0.1) is 18.3 Å². The summed E-state index contributed by atoms with van der Waals surface area (Å²) >= 11 is 0. The van der Waals surface area contributed by atoms with Crippen LogP contribution in [0.4, 0.5) is 0 Å². The fraction of sp³-hybridized carbons (Fsp3) is 0.188. The molecule has 19 heavy (non-hydrogen) atoms. The molecule has 0 saturated carbocycles. The first-order valence-electron chi connectivity index (χ1n) is 5.99. The van der Waals surface area contributed by atoms with E-state index in [9.17, 15) is 0 Å². The van der Waals surface area contributed by atoms with Gasteiger partial charge in [-0.1, -0.05) is 18.2 Å². The molecule has 2 aromatic rings. The predicted octanol–water partition coefficient (Wildman–Crippen LogP) is 3.45. The van der Waals surface area contributed by atoms with Gasteiger partial charge in [-0.05, 0) is 42.3 Å². The molecule has 0 spiro atoms. The number of rotatable bonds is 4. The van der Waals surface area contributed by atoms with Gasteiger partial charge < -0.3 is 9.47 Å². The Morgan fingerprint density at radius 2 is 1.79 bits per heavy atom. The average molecular weight is 253 g/mol. The molecule has 0 aliphatic carbocycles. The van der Waals surface area contributed by atoms with Gasteiger partial charge in [0.05, 0.1) is 18.7 Å². The van der Waals surface area contributed by atoms with E-state index in [1.165, 1.54) is 0 Å². The Morgan fingerprint density at radius 1 is 1.05 bits per heavy atom. The number of methoxy groups -OCH3 is 1. The smallest absolute Gasteiger partial charge is 0.161 e. The van der Waals surface area contributed by atoms with Gasteiger partial charge in [0.25, 0.3) is 0 Å². The molecular formula is C16H15NO2. The van der Waals surface area contributed by atoms with Gasteiger partial charge >= 0.3 is 0 Å². The molecule has 0 saturated heterocycles. The van der Waals surface area contributed by atoms with Crippen LogP contribution in [0.15, 0.2) is 42.5 Å². The maximum absolute atomic E-state index is 8.73. The molecule has 0 aliphatic heterocycles. The minimum atomic E-state index is 0.450. The van der Waals surface area contributed by atoms with Gasteiger partial charge in [-0.3, -0.25) is 0 Å². The highest BCUT2D eigenvalue weighted by molar-refractivity contribution is 5.42. The second kappa shape index (κ2) is 5.92. The van der Waals surface area contributed by atoms with E-state index >= 15 is 0 Å². The number of nitrogens with zero attached hydrogens (tertiary/aromatic N) is 1. The lowest BCUT2D eigenvalue weighted by molar-refractivity contribution is 0.284.